The van der Waals surface area contributed by atoms with Crippen molar-refractivity contribution in [3.05, 3.63) is 29.8 Å². The highest BCUT2D eigenvalue weighted by atomic mass is 127. The van der Waals surface area contributed by atoms with Crippen LogP contribution in [0.1, 0.15) is 44.1 Å². The molecule has 3 rings (SSSR count). The molecule has 0 bridgehead atoms. The Bertz CT molecular complexity index is 521. The van der Waals surface area contributed by atoms with Crippen LogP contribution in [-0.4, -0.2) is 38.3 Å². The van der Waals surface area contributed by atoms with Crippen molar-refractivity contribution in [2.45, 2.75) is 51.1 Å². The van der Waals surface area contributed by atoms with E-state index >= 15 is 0 Å². The van der Waals surface area contributed by atoms with Gasteiger partial charge in [0.1, 0.15) is 0 Å². The fraction of sp³-hybridized carbons (Fsp3) is 0.632. The Morgan fingerprint density at radius 1 is 1.08 bits per heavy atom. The molecular formula is C19H31IN4O. The van der Waals surface area contributed by atoms with E-state index in [0.29, 0.717) is 18.5 Å². The number of aliphatic imine (C=N–C) groups is 1. The monoisotopic (exact) mass is 458 g/mol. The summed E-state index contributed by atoms with van der Waals surface area (Å²) in [5, 5.41) is 3.40. The van der Waals surface area contributed by atoms with Crippen molar-refractivity contribution in [3.63, 3.8) is 0 Å². The lowest BCUT2D eigenvalue weighted by atomic mass is 10.1. The Kier molecular flexibility index (Phi) is 8.81. The maximum absolute atomic E-state index is 6.07. The lowest BCUT2D eigenvalue weighted by molar-refractivity contribution is 0.122. The molecule has 0 unspecified atom stereocenters. The predicted octanol–water partition coefficient (Wildman–Crippen LogP) is 3.27. The maximum atomic E-state index is 6.07. The van der Waals surface area contributed by atoms with Gasteiger partial charge in [-0.15, -0.1) is 24.0 Å². The normalized spacial score (nSPS) is 19.8. The van der Waals surface area contributed by atoms with Gasteiger partial charge >= 0.3 is 0 Å². The van der Waals surface area contributed by atoms with Crippen molar-refractivity contribution in [2.24, 2.45) is 10.7 Å². The zero-order chi connectivity index (χ0) is 16.6. The Labute approximate surface area is 168 Å². The van der Waals surface area contributed by atoms with Crippen molar-refractivity contribution >= 4 is 35.6 Å². The van der Waals surface area contributed by atoms with Crippen LogP contribution in [0.5, 0.6) is 0 Å². The minimum absolute atomic E-state index is 0. The van der Waals surface area contributed by atoms with Crippen molar-refractivity contribution in [1.82, 2.24) is 5.32 Å². The molecule has 1 heterocycles. The number of hydrogen-bond acceptors (Lipinski definition) is 3. The molecule has 0 amide bonds. The van der Waals surface area contributed by atoms with Crippen LogP contribution in [0.4, 0.5) is 5.69 Å². The van der Waals surface area contributed by atoms with Crippen LogP contribution >= 0.6 is 24.0 Å². The van der Waals surface area contributed by atoms with Gasteiger partial charge in [-0.2, -0.15) is 0 Å². The third-order valence-corrected chi connectivity index (χ3v) is 4.95. The lowest BCUT2D eigenvalue weighted by Crippen LogP contribution is -2.39. The summed E-state index contributed by atoms with van der Waals surface area (Å²) in [6.45, 7) is 4.20. The fourth-order valence-corrected chi connectivity index (χ4v) is 3.49. The van der Waals surface area contributed by atoms with Crippen molar-refractivity contribution in [3.8, 4) is 0 Å². The van der Waals surface area contributed by atoms with E-state index in [4.69, 9.17) is 10.5 Å². The first-order chi connectivity index (χ1) is 11.8. The Balaban J connectivity index is 0.00000225. The van der Waals surface area contributed by atoms with Crippen LogP contribution in [0.3, 0.4) is 0 Å². The third-order valence-electron chi connectivity index (χ3n) is 4.95. The Morgan fingerprint density at radius 3 is 2.36 bits per heavy atom. The van der Waals surface area contributed by atoms with Crippen LogP contribution in [0.25, 0.3) is 0 Å². The molecule has 1 aliphatic heterocycles. The number of morpholine rings is 1. The van der Waals surface area contributed by atoms with Crippen molar-refractivity contribution in [1.29, 1.82) is 0 Å². The maximum Gasteiger partial charge on any atom is 0.189 e. The largest absolute Gasteiger partial charge is 0.378 e. The van der Waals surface area contributed by atoms with Gasteiger partial charge in [0, 0.05) is 24.8 Å². The van der Waals surface area contributed by atoms with Crippen LogP contribution < -0.4 is 16.0 Å². The molecule has 0 aromatic heterocycles. The van der Waals surface area contributed by atoms with Crippen molar-refractivity contribution in [2.75, 3.05) is 31.2 Å². The van der Waals surface area contributed by atoms with Gasteiger partial charge in [-0.3, -0.25) is 0 Å². The molecule has 1 saturated carbocycles. The standard InChI is InChI=1S/C19H30N4O.HI/c20-19(22-17-5-3-1-2-4-6-17)21-15-16-7-9-18(10-8-16)23-11-13-24-14-12-23;/h7-10,17H,1-6,11-15H2,(H3,20,21,22);1H. The number of nitrogens with zero attached hydrogens (tertiary/aromatic N) is 2. The SMILES string of the molecule is I.NC(=NCc1ccc(N2CCOCC2)cc1)NC1CCCCCC1. The zero-order valence-corrected chi connectivity index (χ0v) is 17.3. The van der Waals surface area contributed by atoms with Crippen LogP contribution in [-0.2, 0) is 11.3 Å². The summed E-state index contributed by atoms with van der Waals surface area (Å²) in [5.74, 6) is 0.583. The van der Waals surface area contributed by atoms with Gasteiger partial charge in [-0.1, -0.05) is 37.8 Å². The second-order valence-electron chi connectivity index (χ2n) is 6.80. The van der Waals surface area contributed by atoms with Crippen molar-refractivity contribution < 1.29 is 4.74 Å². The first-order valence-corrected chi connectivity index (χ1v) is 9.29. The summed E-state index contributed by atoms with van der Waals surface area (Å²) in [6, 6.07) is 9.14. The molecule has 1 saturated heterocycles. The molecular weight excluding hydrogens is 427 g/mol. The summed E-state index contributed by atoms with van der Waals surface area (Å²) in [6.07, 6.45) is 7.73. The number of hydrogen-bond donors (Lipinski definition) is 2. The summed E-state index contributed by atoms with van der Waals surface area (Å²) in [7, 11) is 0. The molecule has 6 heteroatoms. The molecule has 25 heavy (non-hydrogen) atoms. The summed E-state index contributed by atoms with van der Waals surface area (Å²) >= 11 is 0. The Hall–Kier alpha value is -1.02. The van der Waals surface area contributed by atoms with E-state index in [9.17, 15) is 0 Å². The van der Waals surface area contributed by atoms with Gasteiger partial charge in [0.15, 0.2) is 5.96 Å². The summed E-state index contributed by atoms with van der Waals surface area (Å²) in [4.78, 5) is 6.87. The number of guanidine groups is 1. The van der Waals surface area contributed by atoms with Gasteiger partial charge in [0.25, 0.3) is 0 Å². The average molecular weight is 458 g/mol. The first-order valence-electron chi connectivity index (χ1n) is 9.29. The number of anilines is 1. The fourth-order valence-electron chi connectivity index (χ4n) is 3.49. The number of nitrogens with one attached hydrogen (secondary N) is 1. The number of benzene rings is 1. The van der Waals surface area contributed by atoms with Crippen LogP contribution in [0.2, 0.25) is 0 Å². The molecule has 140 valence electrons. The van der Waals surface area contributed by atoms with E-state index in [-0.39, 0.29) is 24.0 Å². The smallest absolute Gasteiger partial charge is 0.189 e. The number of ether oxygens (including phenoxy) is 1. The highest BCUT2D eigenvalue weighted by molar-refractivity contribution is 14.0. The molecule has 3 N–H and O–H groups in total. The van der Waals surface area contributed by atoms with E-state index < -0.39 is 0 Å². The lowest BCUT2D eigenvalue weighted by Gasteiger charge is -2.28. The quantitative estimate of drug-likeness (QED) is 0.315. The second kappa shape index (κ2) is 10.9. The zero-order valence-electron chi connectivity index (χ0n) is 15.0. The van der Waals surface area contributed by atoms with Crippen LogP contribution in [0.15, 0.2) is 29.3 Å². The highest BCUT2D eigenvalue weighted by Crippen LogP contribution is 2.18. The van der Waals surface area contributed by atoms with Gasteiger partial charge in [0.05, 0.1) is 19.8 Å². The molecule has 5 nitrogen and oxygen atoms in total. The molecule has 1 aromatic rings. The Morgan fingerprint density at radius 2 is 1.72 bits per heavy atom. The van der Waals surface area contributed by atoms with Gasteiger partial charge in [-0.25, -0.2) is 4.99 Å². The molecule has 0 atom stereocenters. The van der Waals surface area contributed by atoms with E-state index in [1.165, 1.54) is 49.8 Å². The molecule has 1 aromatic carbocycles. The first kappa shape index (κ1) is 20.3. The number of rotatable bonds is 4. The topological polar surface area (TPSA) is 62.9 Å². The van der Waals surface area contributed by atoms with E-state index in [2.05, 4.69) is 39.5 Å². The number of halogens is 1. The average Bonchev–Trinajstić information content (AvgIpc) is 2.90. The summed E-state index contributed by atoms with van der Waals surface area (Å²) in [5.41, 5.74) is 8.52. The molecule has 2 aliphatic rings. The van der Waals surface area contributed by atoms with Crippen LogP contribution in [0, 0.1) is 0 Å². The predicted molar refractivity (Wildman–Crippen MR) is 115 cm³/mol. The minimum atomic E-state index is 0. The molecule has 1 aliphatic carbocycles. The third kappa shape index (κ3) is 6.66. The van der Waals surface area contributed by atoms with Gasteiger partial charge in [0.2, 0.25) is 0 Å². The minimum Gasteiger partial charge on any atom is -0.378 e. The van der Waals surface area contributed by atoms with E-state index in [1.54, 1.807) is 0 Å². The second-order valence-corrected chi connectivity index (χ2v) is 6.80. The molecule has 0 spiro atoms. The van der Waals surface area contributed by atoms with E-state index in [0.717, 1.165) is 26.3 Å². The van der Waals surface area contributed by atoms with E-state index in [1.807, 2.05) is 0 Å². The van der Waals surface area contributed by atoms with Gasteiger partial charge in [-0.05, 0) is 30.5 Å². The summed E-state index contributed by atoms with van der Waals surface area (Å²) < 4.78 is 5.40. The van der Waals surface area contributed by atoms with Gasteiger partial charge < -0.3 is 20.7 Å². The highest BCUT2D eigenvalue weighted by Gasteiger charge is 2.12. The molecule has 2 fully saturated rings. The number of nitrogens with two attached hydrogens (primary N) is 1. The molecule has 0 radical (unpaired) electrons.